The Morgan fingerprint density at radius 3 is 2.71 bits per heavy atom. The first-order valence-corrected chi connectivity index (χ1v) is 8.38. The van der Waals surface area contributed by atoms with Gasteiger partial charge in [-0.25, -0.2) is 8.42 Å². The lowest BCUT2D eigenvalue weighted by molar-refractivity contribution is 0.171. The van der Waals surface area contributed by atoms with Gasteiger partial charge in [-0.15, -0.1) is 0 Å². The van der Waals surface area contributed by atoms with E-state index in [9.17, 15) is 8.42 Å². The summed E-state index contributed by atoms with van der Waals surface area (Å²) in [6, 6.07) is 0.596. The van der Waals surface area contributed by atoms with Gasteiger partial charge in [0.25, 0.3) is 0 Å². The average Bonchev–Trinajstić information content (AvgIpc) is 2.20. The van der Waals surface area contributed by atoms with Crippen LogP contribution in [0, 0.1) is 5.41 Å². The molecule has 2 aliphatic heterocycles. The molecule has 4 nitrogen and oxygen atoms in total. The van der Waals surface area contributed by atoms with Crippen LogP contribution >= 0.6 is 0 Å². The van der Waals surface area contributed by atoms with E-state index in [1.807, 2.05) is 0 Å². The molecule has 0 aromatic carbocycles. The molecule has 2 atom stereocenters. The molecule has 2 unspecified atom stereocenters. The van der Waals surface area contributed by atoms with E-state index in [1.54, 1.807) is 0 Å². The molecule has 2 fully saturated rings. The number of rotatable bonds is 2. The first-order chi connectivity index (χ1) is 7.89. The van der Waals surface area contributed by atoms with Crippen LogP contribution in [0.4, 0.5) is 0 Å². The maximum atomic E-state index is 11.6. The molecule has 0 radical (unpaired) electrons. The molecule has 2 aliphatic rings. The second-order valence-corrected chi connectivity index (χ2v) is 8.36. The van der Waals surface area contributed by atoms with Crippen molar-refractivity contribution in [3.63, 3.8) is 0 Å². The number of hydrogen-bond donors (Lipinski definition) is 2. The Hall–Kier alpha value is -0.130. The summed E-state index contributed by atoms with van der Waals surface area (Å²) in [5, 5.41) is 6.98. The Morgan fingerprint density at radius 2 is 2.06 bits per heavy atom. The van der Waals surface area contributed by atoms with Crippen molar-refractivity contribution in [2.75, 3.05) is 24.6 Å². The van der Waals surface area contributed by atoms with E-state index in [1.165, 1.54) is 0 Å². The lowest BCUT2D eigenvalue weighted by Crippen LogP contribution is -2.57. The predicted octanol–water partition coefficient (Wildman–Crippen LogP) is 0.541. The quantitative estimate of drug-likeness (QED) is 0.761. The van der Waals surface area contributed by atoms with E-state index in [4.69, 9.17) is 0 Å². The van der Waals surface area contributed by atoms with E-state index < -0.39 is 9.84 Å². The van der Waals surface area contributed by atoms with Crippen LogP contribution in [-0.4, -0.2) is 45.1 Å². The summed E-state index contributed by atoms with van der Waals surface area (Å²) in [6.07, 6.45) is 2.90. The minimum atomic E-state index is -2.80. The molecule has 0 saturated carbocycles. The highest BCUT2D eigenvalue weighted by atomic mass is 32.2. The second-order valence-electron chi connectivity index (χ2n) is 6.13. The fraction of sp³-hybridized carbons (Fsp3) is 1.00. The largest absolute Gasteiger partial charge is 0.316 e. The lowest BCUT2D eigenvalue weighted by Gasteiger charge is -2.42. The third kappa shape index (κ3) is 3.42. The van der Waals surface area contributed by atoms with Crippen LogP contribution in [0.5, 0.6) is 0 Å². The molecule has 0 aromatic rings. The van der Waals surface area contributed by atoms with Gasteiger partial charge in [0.2, 0.25) is 0 Å². The van der Waals surface area contributed by atoms with E-state index in [0.29, 0.717) is 17.5 Å². The number of hydrogen-bond acceptors (Lipinski definition) is 4. The Bertz CT molecular complexity index is 365. The zero-order valence-electron chi connectivity index (χ0n) is 10.8. The van der Waals surface area contributed by atoms with Gasteiger partial charge in [-0.2, -0.15) is 0 Å². The van der Waals surface area contributed by atoms with Crippen LogP contribution in [0.1, 0.15) is 33.1 Å². The molecule has 0 bridgehead atoms. The molecule has 17 heavy (non-hydrogen) atoms. The fourth-order valence-corrected chi connectivity index (χ4v) is 4.57. The monoisotopic (exact) mass is 260 g/mol. The summed E-state index contributed by atoms with van der Waals surface area (Å²) >= 11 is 0. The van der Waals surface area contributed by atoms with Gasteiger partial charge in [-0.05, 0) is 31.2 Å². The van der Waals surface area contributed by atoms with E-state index in [-0.39, 0.29) is 11.5 Å². The minimum Gasteiger partial charge on any atom is -0.316 e. The van der Waals surface area contributed by atoms with Gasteiger partial charge in [0.15, 0.2) is 9.84 Å². The van der Waals surface area contributed by atoms with Crippen molar-refractivity contribution in [2.24, 2.45) is 5.41 Å². The fourth-order valence-electron chi connectivity index (χ4n) is 2.92. The molecule has 2 N–H and O–H groups in total. The zero-order chi connectivity index (χ0) is 12.5. The highest BCUT2D eigenvalue weighted by Crippen LogP contribution is 2.26. The highest BCUT2D eigenvalue weighted by molar-refractivity contribution is 7.91. The van der Waals surface area contributed by atoms with Crippen molar-refractivity contribution in [1.29, 1.82) is 0 Å². The van der Waals surface area contributed by atoms with Crippen molar-refractivity contribution in [1.82, 2.24) is 10.6 Å². The number of sulfone groups is 1. The van der Waals surface area contributed by atoms with Crippen molar-refractivity contribution in [3.05, 3.63) is 0 Å². The molecular formula is C12H24N2O2S. The van der Waals surface area contributed by atoms with Gasteiger partial charge in [0.05, 0.1) is 11.5 Å². The molecule has 0 aromatic heterocycles. The Labute approximate surface area is 104 Å². The van der Waals surface area contributed by atoms with Crippen molar-refractivity contribution >= 4 is 9.84 Å². The average molecular weight is 260 g/mol. The summed E-state index contributed by atoms with van der Waals surface area (Å²) < 4.78 is 23.2. The third-order valence-electron chi connectivity index (χ3n) is 4.03. The first-order valence-electron chi connectivity index (χ1n) is 6.56. The van der Waals surface area contributed by atoms with Gasteiger partial charge in [0, 0.05) is 18.6 Å². The van der Waals surface area contributed by atoms with Crippen LogP contribution < -0.4 is 10.6 Å². The third-order valence-corrected chi connectivity index (χ3v) is 5.85. The lowest BCUT2D eigenvalue weighted by atomic mass is 9.79. The molecule has 0 amide bonds. The van der Waals surface area contributed by atoms with Crippen LogP contribution in [-0.2, 0) is 9.84 Å². The van der Waals surface area contributed by atoms with Crippen LogP contribution in [0.3, 0.4) is 0 Å². The number of nitrogens with one attached hydrogen (secondary N) is 2. The number of piperidine rings is 1. The van der Waals surface area contributed by atoms with E-state index >= 15 is 0 Å². The molecular weight excluding hydrogens is 236 g/mol. The molecule has 2 rings (SSSR count). The van der Waals surface area contributed by atoms with Crippen LogP contribution in [0.15, 0.2) is 0 Å². The summed E-state index contributed by atoms with van der Waals surface area (Å²) in [7, 11) is -2.80. The second kappa shape index (κ2) is 4.86. The van der Waals surface area contributed by atoms with Gasteiger partial charge >= 0.3 is 0 Å². The first kappa shape index (κ1) is 13.3. The highest BCUT2D eigenvalue weighted by Gasteiger charge is 2.35. The minimum absolute atomic E-state index is 0.163. The van der Waals surface area contributed by atoms with Crippen LogP contribution in [0.2, 0.25) is 0 Å². The maximum Gasteiger partial charge on any atom is 0.151 e. The van der Waals surface area contributed by atoms with Gasteiger partial charge in [-0.1, -0.05) is 13.8 Å². The topological polar surface area (TPSA) is 58.2 Å². The Morgan fingerprint density at radius 1 is 1.29 bits per heavy atom. The van der Waals surface area contributed by atoms with Crippen molar-refractivity contribution < 1.29 is 8.42 Å². The summed E-state index contributed by atoms with van der Waals surface area (Å²) in [4.78, 5) is 0. The van der Waals surface area contributed by atoms with Crippen molar-refractivity contribution in [3.8, 4) is 0 Å². The SMILES string of the molecule is CC1(C)CNCCC1NC1CCCS(=O)(=O)C1. The summed E-state index contributed by atoms with van der Waals surface area (Å²) in [6.45, 7) is 6.52. The van der Waals surface area contributed by atoms with Gasteiger partial charge < -0.3 is 10.6 Å². The molecule has 100 valence electrons. The van der Waals surface area contributed by atoms with Gasteiger partial charge in [-0.3, -0.25) is 0 Å². The van der Waals surface area contributed by atoms with Gasteiger partial charge in [0.1, 0.15) is 0 Å². The summed E-state index contributed by atoms with van der Waals surface area (Å²) in [5.74, 6) is 0.702. The molecule has 5 heteroatoms. The summed E-state index contributed by atoms with van der Waals surface area (Å²) in [5.41, 5.74) is 0.208. The Balaban J connectivity index is 1.96. The standard InChI is InChI=1S/C12H24N2O2S/c1-12(2)9-13-6-5-11(12)14-10-4-3-7-17(15,16)8-10/h10-11,13-14H,3-9H2,1-2H3. The molecule has 0 spiro atoms. The maximum absolute atomic E-state index is 11.6. The predicted molar refractivity (Wildman–Crippen MR) is 69.9 cm³/mol. The van der Waals surface area contributed by atoms with E-state index in [2.05, 4.69) is 24.5 Å². The van der Waals surface area contributed by atoms with Crippen LogP contribution in [0.25, 0.3) is 0 Å². The normalized spacial score (nSPS) is 36.6. The molecule has 2 saturated heterocycles. The van der Waals surface area contributed by atoms with Crippen molar-refractivity contribution in [2.45, 2.75) is 45.2 Å². The van der Waals surface area contributed by atoms with E-state index in [0.717, 1.165) is 32.4 Å². The molecule has 0 aliphatic carbocycles. The smallest absolute Gasteiger partial charge is 0.151 e. The Kier molecular flexibility index (Phi) is 3.80. The molecule has 2 heterocycles. The zero-order valence-corrected chi connectivity index (χ0v) is 11.6.